The Kier molecular flexibility index (Phi) is 20.6. The molecular formula is C44H78O12P4Sn. The number of rotatable bonds is 22. The molecule has 0 N–H and O–H groups in total. The van der Waals surface area contributed by atoms with Crippen molar-refractivity contribution in [3.63, 3.8) is 0 Å². The molecule has 61 heavy (non-hydrogen) atoms. The zero-order valence-corrected chi connectivity index (χ0v) is 47.5. The van der Waals surface area contributed by atoms with Crippen molar-refractivity contribution in [3.8, 4) is 0 Å². The molecule has 0 aliphatic rings. The van der Waals surface area contributed by atoms with E-state index in [-0.39, 0.29) is 21.2 Å². The first-order valence-electron chi connectivity index (χ1n) is 21.5. The topological polar surface area (TPSA) is 142 Å². The van der Waals surface area contributed by atoms with Crippen LogP contribution in [0.25, 0.3) is 0 Å². The molecule has 350 valence electrons. The van der Waals surface area contributed by atoms with E-state index in [1.807, 2.05) is 41.5 Å². The molecule has 17 heteroatoms. The molecule has 2 aromatic rings. The van der Waals surface area contributed by atoms with Gasteiger partial charge < -0.3 is 0 Å². The van der Waals surface area contributed by atoms with Gasteiger partial charge in [0.25, 0.3) is 0 Å². The number of hydrogen-bond donors (Lipinski definition) is 0. The van der Waals surface area contributed by atoms with Crippen LogP contribution in [-0.2, 0) is 65.3 Å². The van der Waals surface area contributed by atoms with E-state index in [1.165, 1.54) is 0 Å². The predicted molar refractivity (Wildman–Crippen MR) is 254 cm³/mol. The summed E-state index contributed by atoms with van der Waals surface area (Å²) in [6.07, 6.45) is -4.51. The first-order chi connectivity index (χ1) is 27.5. The van der Waals surface area contributed by atoms with E-state index in [1.54, 1.807) is 135 Å². The Morgan fingerprint density at radius 2 is 0.492 bits per heavy atom. The summed E-state index contributed by atoms with van der Waals surface area (Å²) in [5.74, 6) is 0. The fourth-order valence-corrected chi connectivity index (χ4v) is 23.8. The molecule has 12 nitrogen and oxygen atoms in total. The van der Waals surface area contributed by atoms with Gasteiger partial charge in [0.2, 0.25) is 0 Å². The van der Waals surface area contributed by atoms with Crippen LogP contribution >= 0.6 is 30.4 Å². The Bertz CT molecular complexity index is 1660. The monoisotopic (exact) mass is 1040 g/mol. The van der Waals surface area contributed by atoms with Crippen LogP contribution in [0.4, 0.5) is 0 Å². The van der Waals surface area contributed by atoms with E-state index >= 15 is 18.3 Å². The van der Waals surface area contributed by atoms with Crippen LogP contribution in [0.5, 0.6) is 0 Å². The Morgan fingerprint density at radius 1 is 0.344 bits per heavy atom. The van der Waals surface area contributed by atoms with Crippen molar-refractivity contribution in [2.45, 2.75) is 212 Å². The quantitative estimate of drug-likeness (QED) is 0.0818. The van der Waals surface area contributed by atoms with Gasteiger partial charge in [-0.1, -0.05) is 0 Å². The summed E-state index contributed by atoms with van der Waals surface area (Å²) >= 11 is -2.85. The maximum atomic E-state index is 15.8. The predicted octanol–water partition coefficient (Wildman–Crippen LogP) is 10.6. The van der Waals surface area contributed by atoms with Crippen LogP contribution in [0.15, 0.2) is 24.3 Å². The van der Waals surface area contributed by atoms with E-state index in [2.05, 4.69) is 0 Å². The van der Waals surface area contributed by atoms with Gasteiger partial charge in [-0.2, -0.15) is 0 Å². The molecule has 0 spiro atoms. The van der Waals surface area contributed by atoms with Gasteiger partial charge in [0.05, 0.1) is 0 Å². The molecule has 0 heterocycles. The van der Waals surface area contributed by atoms with Crippen molar-refractivity contribution in [2.24, 2.45) is 0 Å². The molecule has 2 radical (unpaired) electrons. The third-order valence-corrected chi connectivity index (χ3v) is 24.4. The summed E-state index contributed by atoms with van der Waals surface area (Å²) in [6, 6.07) is 7.19. The third kappa shape index (κ3) is 16.0. The fraction of sp³-hybridized carbons (Fsp3) is 0.727. The molecule has 0 saturated heterocycles. The van der Waals surface area contributed by atoms with Crippen molar-refractivity contribution < 1.29 is 54.5 Å². The molecule has 2 rings (SSSR count). The van der Waals surface area contributed by atoms with Crippen LogP contribution in [-0.4, -0.2) is 70.0 Å². The second-order valence-corrected chi connectivity index (χ2v) is 30.8. The van der Waals surface area contributed by atoms with Gasteiger partial charge in [-0.15, -0.1) is 0 Å². The van der Waals surface area contributed by atoms with Crippen molar-refractivity contribution >= 4 is 79.9 Å². The van der Waals surface area contributed by atoms with Crippen LogP contribution in [0.1, 0.15) is 163 Å². The van der Waals surface area contributed by atoms with Crippen molar-refractivity contribution in [2.75, 3.05) is 0 Å². The Balaban J connectivity index is 3.75. The molecule has 0 aliphatic heterocycles. The van der Waals surface area contributed by atoms with Gasteiger partial charge in [0, 0.05) is 0 Å². The fourth-order valence-electron chi connectivity index (χ4n) is 6.11. The SMILES string of the molecule is CC(C)OP(=O)(OC(C)C)c1cc(C(C)(C)C)cc(P(=O)(OC(C)C)OC(C)C)[c]1[Sn][c]1c(P(=O)(OC(C)C)OC(C)C)cc(C(C)(C)C)cc1P(=O)(OC(C)C)OC(C)C. The molecule has 0 fully saturated rings. The summed E-state index contributed by atoms with van der Waals surface area (Å²) in [6.45, 7) is 40.3. The zero-order chi connectivity index (χ0) is 47.4. The Morgan fingerprint density at radius 3 is 0.607 bits per heavy atom. The molecule has 0 aromatic heterocycles. The summed E-state index contributed by atoms with van der Waals surface area (Å²) in [5, 5.41) is 0.702. The molecule has 0 aliphatic carbocycles. The Labute approximate surface area is 379 Å². The van der Waals surface area contributed by atoms with Gasteiger partial charge in [0.1, 0.15) is 0 Å². The third-order valence-electron chi connectivity index (χ3n) is 8.15. The normalized spacial score (nSPS) is 14.1. The van der Waals surface area contributed by atoms with E-state index in [0.717, 1.165) is 0 Å². The van der Waals surface area contributed by atoms with Crippen molar-refractivity contribution in [3.05, 3.63) is 35.4 Å². The van der Waals surface area contributed by atoms with Crippen molar-refractivity contribution in [1.82, 2.24) is 0 Å². The standard InChI is InChI=1S/2C22H39O6P2.Sn/c2*1-15(2)25-29(23,26-16(3)4)20-12-19(22(9,10)11)13-21(14-20)30(24,27-17(5)6)28-18(7)8;/h2*12-13,15-18H,1-11H3;. The number of hydrogen-bond acceptors (Lipinski definition) is 12. The molecule has 0 atom stereocenters. The van der Waals surface area contributed by atoms with Gasteiger partial charge in [-0.25, -0.2) is 0 Å². The molecule has 0 bridgehead atoms. The minimum atomic E-state index is -4.31. The van der Waals surface area contributed by atoms with E-state index in [9.17, 15) is 0 Å². The molecule has 2 aromatic carbocycles. The Hall–Kier alpha value is -0.161. The molecule has 0 saturated carbocycles. The first-order valence-corrected chi connectivity index (χ1v) is 30.5. The summed E-state index contributed by atoms with van der Waals surface area (Å²) in [4.78, 5) is 0. The second kappa shape index (κ2) is 22.1. The van der Waals surface area contributed by atoms with E-state index < -0.39 is 111 Å². The number of benzene rings is 2. The van der Waals surface area contributed by atoms with Gasteiger partial charge in [0.15, 0.2) is 0 Å². The van der Waals surface area contributed by atoms with Crippen LogP contribution in [0.2, 0.25) is 0 Å². The summed E-state index contributed by atoms with van der Waals surface area (Å²) < 4.78 is 115. The van der Waals surface area contributed by atoms with Crippen LogP contribution in [0, 0.1) is 0 Å². The van der Waals surface area contributed by atoms with E-state index in [4.69, 9.17) is 36.2 Å². The van der Waals surface area contributed by atoms with Crippen LogP contribution < -0.4 is 28.4 Å². The first kappa shape index (κ1) is 57.0. The van der Waals surface area contributed by atoms with Crippen molar-refractivity contribution in [1.29, 1.82) is 0 Å². The second-order valence-electron chi connectivity index (χ2n) is 19.6. The average molecular weight is 1040 g/mol. The van der Waals surface area contributed by atoms with Gasteiger partial charge in [-0.3, -0.25) is 0 Å². The molecule has 0 amide bonds. The average Bonchev–Trinajstić information content (AvgIpc) is 3.00. The zero-order valence-electron chi connectivity index (χ0n) is 41.1. The van der Waals surface area contributed by atoms with Gasteiger partial charge in [-0.05, 0) is 0 Å². The van der Waals surface area contributed by atoms with E-state index in [0.29, 0.717) is 18.3 Å². The molecular weight excluding hydrogens is 963 g/mol. The summed E-state index contributed by atoms with van der Waals surface area (Å²) in [5.41, 5.74) is 0.212. The van der Waals surface area contributed by atoms with Gasteiger partial charge >= 0.3 is 382 Å². The molecule has 0 unspecified atom stereocenters. The summed E-state index contributed by atoms with van der Waals surface area (Å²) in [7, 11) is -17.2. The van der Waals surface area contributed by atoms with Crippen LogP contribution in [0.3, 0.4) is 0 Å². The minimum absolute atomic E-state index is 0.175. The maximum absolute atomic E-state index is 15.8.